The van der Waals surface area contributed by atoms with Gasteiger partial charge in [0.15, 0.2) is 11.5 Å². The maximum absolute atomic E-state index is 9.43. The number of hydrogen-bond donors (Lipinski definition) is 1. The Morgan fingerprint density at radius 1 is 1.31 bits per heavy atom. The van der Waals surface area contributed by atoms with Crippen molar-refractivity contribution >= 4 is 0 Å². The molecule has 0 saturated carbocycles. The van der Waals surface area contributed by atoms with Gasteiger partial charge in [-0.3, -0.25) is 0 Å². The van der Waals surface area contributed by atoms with Crippen LogP contribution in [0.25, 0.3) is 0 Å². The van der Waals surface area contributed by atoms with E-state index in [0.29, 0.717) is 5.75 Å². The summed E-state index contributed by atoms with van der Waals surface area (Å²) in [6.07, 6.45) is 2.63. The third kappa shape index (κ3) is 3.95. The molecule has 16 heavy (non-hydrogen) atoms. The van der Waals surface area contributed by atoms with E-state index in [1.807, 2.05) is 19.1 Å². The van der Waals surface area contributed by atoms with Crippen LogP contribution in [0.3, 0.4) is 0 Å². The molecule has 0 atom stereocenters. The fourth-order valence-corrected chi connectivity index (χ4v) is 1.35. The van der Waals surface area contributed by atoms with Crippen LogP contribution in [0.4, 0.5) is 0 Å². The third-order valence-corrected chi connectivity index (χ3v) is 2.07. The van der Waals surface area contributed by atoms with E-state index in [1.54, 1.807) is 27.4 Å². The highest BCUT2D eigenvalue weighted by atomic mass is 16.5. The Hall–Kier alpha value is -1.48. The van der Waals surface area contributed by atoms with Gasteiger partial charge in [-0.25, -0.2) is 0 Å². The Morgan fingerprint density at radius 2 is 1.88 bits per heavy atom. The molecule has 1 N–H and O–H groups in total. The van der Waals surface area contributed by atoms with Gasteiger partial charge in [-0.05, 0) is 30.5 Å². The van der Waals surface area contributed by atoms with E-state index in [-0.39, 0.29) is 5.75 Å². The molecule has 0 aliphatic carbocycles. The standard InChI is InChI=1S/C11H14O2.C2H6O/c1-4-5-9-6-7-10(12)11(13-3)8(9)2;1-3-2/h4,6-7,12H,1,5H2,2-3H3;1-2H3. The minimum Gasteiger partial charge on any atom is -0.504 e. The van der Waals surface area contributed by atoms with Gasteiger partial charge >= 0.3 is 0 Å². The Bertz CT molecular complexity index is 332. The summed E-state index contributed by atoms with van der Waals surface area (Å²) in [6, 6.07) is 3.53. The molecule has 0 aliphatic rings. The molecule has 0 aliphatic heterocycles. The van der Waals surface area contributed by atoms with E-state index in [2.05, 4.69) is 11.3 Å². The molecular weight excluding hydrogens is 204 g/mol. The Morgan fingerprint density at radius 3 is 2.31 bits per heavy atom. The number of allylic oxidation sites excluding steroid dienone is 1. The zero-order valence-corrected chi connectivity index (χ0v) is 10.4. The summed E-state index contributed by atoms with van der Waals surface area (Å²) in [5.41, 5.74) is 2.10. The van der Waals surface area contributed by atoms with Crippen LogP contribution in [-0.2, 0) is 11.2 Å². The Balaban J connectivity index is 0.000000673. The smallest absolute Gasteiger partial charge is 0.163 e. The SMILES string of the molecule is C=CCc1ccc(O)c(OC)c1C.COC. The van der Waals surface area contributed by atoms with Gasteiger partial charge in [-0.2, -0.15) is 0 Å². The summed E-state index contributed by atoms with van der Waals surface area (Å²) < 4.78 is 9.33. The molecule has 0 saturated heterocycles. The van der Waals surface area contributed by atoms with Crippen molar-refractivity contribution in [2.45, 2.75) is 13.3 Å². The largest absolute Gasteiger partial charge is 0.504 e. The third-order valence-electron chi connectivity index (χ3n) is 2.07. The summed E-state index contributed by atoms with van der Waals surface area (Å²) in [7, 11) is 4.81. The molecule has 3 heteroatoms. The first-order valence-electron chi connectivity index (χ1n) is 4.98. The zero-order valence-electron chi connectivity index (χ0n) is 10.4. The summed E-state index contributed by atoms with van der Waals surface area (Å²) in [5.74, 6) is 0.743. The quantitative estimate of drug-likeness (QED) is 0.802. The number of methoxy groups -OCH3 is 2. The molecule has 3 nitrogen and oxygen atoms in total. The number of phenolic OH excluding ortho intramolecular Hbond substituents is 1. The Labute approximate surface area is 97.3 Å². The second-order valence-corrected chi connectivity index (χ2v) is 3.30. The van der Waals surface area contributed by atoms with Gasteiger partial charge < -0.3 is 14.6 Å². The fourth-order valence-electron chi connectivity index (χ4n) is 1.35. The van der Waals surface area contributed by atoms with Crippen molar-refractivity contribution in [1.29, 1.82) is 0 Å². The number of phenols is 1. The monoisotopic (exact) mass is 224 g/mol. The van der Waals surface area contributed by atoms with Crippen molar-refractivity contribution in [3.63, 3.8) is 0 Å². The van der Waals surface area contributed by atoms with Crippen molar-refractivity contribution in [2.75, 3.05) is 21.3 Å². The molecule has 0 fully saturated rings. The fraction of sp³-hybridized carbons (Fsp3) is 0.385. The first-order valence-corrected chi connectivity index (χ1v) is 4.98. The lowest BCUT2D eigenvalue weighted by Crippen LogP contribution is -1.93. The molecule has 1 aromatic rings. The number of ether oxygens (including phenoxy) is 2. The van der Waals surface area contributed by atoms with Crippen molar-refractivity contribution in [3.05, 3.63) is 35.9 Å². The minimum atomic E-state index is 0.188. The van der Waals surface area contributed by atoms with E-state index < -0.39 is 0 Å². The average Bonchev–Trinajstić information content (AvgIpc) is 2.24. The van der Waals surface area contributed by atoms with E-state index in [4.69, 9.17) is 4.74 Å². The van der Waals surface area contributed by atoms with Crippen LogP contribution in [0.2, 0.25) is 0 Å². The van der Waals surface area contributed by atoms with Crippen molar-refractivity contribution < 1.29 is 14.6 Å². The minimum absolute atomic E-state index is 0.188. The lowest BCUT2D eigenvalue weighted by atomic mass is 10.0. The van der Waals surface area contributed by atoms with E-state index >= 15 is 0 Å². The molecular formula is C13H20O3. The van der Waals surface area contributed by atoms with Crippen molar-refractivity contribution in [1.82, 2.24) is 0 Å². The topological polar surface area (TPSA) is 38.7 Å². The zero-order chi connectivity index (χ0) is 12.6. The first-order chi connectivity index (χ1) is 7.62. The Kier molecular flexibility index (Phi) is 7.05. The van der Waals surface area contributed by atoms with E-state index in [9.17, 15) is 5.11 Å². The van der Waals surface area contributed by atoms with Gasteiger partial charge in [0.2, 0.25) is 0 Å². The first kappa shape index (κ1) is 14.5. The van der Waals surface area contributed by atoms with Crippen LogP contribution in [-0.4, -0.2) is 26.4 Å². The molecule has 0 amide bonds. The van der Waals surface area contributed by atoms with E-state index in [1.165, 1.54) is 0 Å². The van der Waals surface area contributed by atoms with Gasteiger partial charge in [0.1, 0.15) is 0 Å². The lowest BCUT2D eigenvalue weighted by molar-refractivity contribution is 0.277. The summed E-state index contributed by atoms with van der Waals surface area (Å²) in [5, 5.41) is 9.43. The van der Waals surface area contributed by atoms with E-state index in [0.717, 1.165) is 17.5 Å². The van der Waals surface area contributed by atoms with Gasteiger partial charge in [0.25, 0.3) is 0 Å². The summed E-state index contributed by atoms with van der Waals surface area (Å²) in [4.78, 5) is 0. The summed E-state index contributed by atoms with van der Waals surface area (Å²) >= 11 is 0. The maximum atomic E-state index is 9.43. The van der Waals surface area contributed by atoms with Crippen LogP contribution in [0.15, 0.2) is 24.8 Å². The molecule has 1 aromatic carbocycles. The lowest BCUT2D eigenvalue weighted by Gasteiger charge is -2.10. The molecule has 0 spiro atoms. The van der Waals surface area contributed by atoms with Gasteiger partial charge in [0, 0.05) is 14.2 Å². The normalized spacial score (nSPS) is 9.00. The number of benzene rings is 1. The molecule has 0 unspecified atom stereocenters. The average molecular weight is 224 g/mol. The number of rotatable bonds is 3. The van der Waals surface area contributed by atoms with Crippen molar-refractivity contribution in [2.24, 2.45) is 0 Å². The second kappa shape index (κ2) is 7.77. The van der Waals surface area contributed by atoms with Crippen LogP contribution in [0, 0.1) is 6.92 Å². The van der Waals surface area contributed by atoms with Crippen LogP contribution >= 0.6 is 0 Å². The molecule has 0 bridgehead atoms. The van der Waals surface area contributed by atoms with Crippen LogP contribution in [0.5, 0.6) is 11.5 Å². The van der Waals surface area contributed by atoms with Crippen LogP contribution < -0.4 is 4.74 Å². The molecule has 1 rings (SSSR count). The highest BCUT2D eigenvalue weighted by Crippen LogP contribution is 2.31. The predicted molar refractivity (Wildman–Crippen MR) is 66.2 cm³/mol. The highest BCUT2D eigenvalue weighted by Gasteiger charge is 2.07. The highest BCUT2D eigenvalue weighted by molar-refractivity contribution is 5.49. The van der Waals surface area contributed by atoms with Gasteiger partial charge in [-0.1, -0.05) is 12.1 Å². The summed E-state index contributed by atoms with van der Waals surface area (Å²) in [6.45, 7) is 5.60. The second-order valence-electron chi connectivity index (χ2n) is 3.30. The molecule has 0 heterocycles. The molecule has 0 aromatic heterocycles. The maximum Gasteiger partial charge on any atom is 0.163 e. The molecule has 0 radical (unpaired) electrons. The van der Waals surface area contributed by atoms with Crippen molar-refractivity contribution in [3.8, 4) is 11.5 Å². The van der Waals surface area contributed by atoms with Gasteiger partial charge in [-0.15, -0.1) is 6.58 Å². The molecule has 90 valence electrons. The number of hydrogen-bond acceptors (Lipinski definition) is 3. The van der Waals surface area contributed by atoms with Gasteiger partial charge in [0.05, 0.1) is 7.11 Å². The predicted octanol–water partition coefficient (Wildman–Crippen LogP) is 2.70. The number of aromatic hydroxyl groups is 1. The van der Waals surface area contributed by atoms with Crippen LogP contribution in [0.1, 0.15) is 11.1 Å².